The monoisotopic (exact) mass is 447 g/mol. The average Bonchev–Trinajstić information content (AvgIpc) is 2.79. The van der Waals surface area contributed by atoms with E-state index >= 15 is 0 Å². The summed E-state index contributed by atoms with van der Waals surface area (Å²) in [5, 5.41) is 17.3. The number of ether oxygens (including phenoxy) is 2. The van der Waals surface area contributed by atoms with E-state index in [0.717, 1.165) is 0 Å². The highest BCUT2D eigenvalue weighted by molar-refractivity contribution is 6.06. The van der Waals surface area contributed by atoms with Gasteiger partial charge in [-0.15, -0.1) is 0 Å². The zero-order valence-corrected chi connectivity index (χ0v) is 17.3. The topological polar surface area (TPSA) is 203 Å². The first-order valence-electron chi connectivity index (χ1n) is 9.56. The van der Waals surface area contributed by atoms with E-state index in [4.69, 9.17) is 37.5 Å². The number of benzene rings is 2. The van der Waals surface area contributed by atoms with Crippen LogP contribution in [0.15, 0.2) is 60.7 Å². The van der Waals surface area contributed by atoms with E-state index in [-0.39, 0.29) is 41.3 Å². The van der Waals surface area contributed by atoms with Crippen molar-refractivity contribution in [1.29, 1.82) is 10.8 Å². The molecule has 2 amide bonds. The second-order valence-electron chi connectivity index (χ2n) is 6.67. The van der Waals surface area contributed by atoms with Gasteiger partial charge in [0.15, 0.2) is 0 Å². The van der Waals surface area contributed by atoms with Gasteiger partial charge in [0, 0.05) is 17.2 Å². The zero-order chi connectivity index (χ0) is 24.0. The Morgan fingerprint density at radius 1 is 0.879 bits per heavy atom. The maximum absolute atomic E-state index is 12.5. The number of hydrogen-bond acceptors (Lipinski definition) is 8. The molecule has 11 nitrogen and oxygen atoms in total. The molecule has 0 spiro atoms. The molecule has 0 aliphatic carbocycles. The summed E-state index contributed by atoms with van der Waals surface area (Å²) in [7, 11) is 0. The molecule has 11 heteroatoms. The molecule has 0 fully saturated rings. The van der Waals surface area contributed by atoms with Gasteiger partial charge < -0.3 is 26.7 Å². The van der Waals surface area contributed by atoms with Crippen LogP contribution in [0.3, 0.4) is 0 Å². The molecule has 0 saturated carbocycles. The molecule has 0 unspecified atom stereocenters. The molecule has 168 valence electrons. The largest absolute Gasteiger partial charge is 0.439 e. The number of rotatable bonds is 8. The second-order valence-corrected chi connectivity index (χ2v) is 6.67. The molecule has 33 heavy (non-hydrogen) atoms. The summed E-state index contributed by atoms with van der Waals surface area (Å²) in [5.74, 6) is -1.19. The quantitative estimate of drug-likeness (QED) is 0.220. The molecule has 0 atom stereocenters. The Labute approximate surface area is 188 Å². The summed E-state index contributed by atoms with van der Waals surface area (Å²) in [6, 6.07) is 15.6. The maximum atomic E-state index is 12.5. The third-order valence-corrected chi connectivity index (χ3v) is 4.24. The number of aromatic nitrogens is 1. The van der Waals surface area contributed by atoms with E-state index in [1.807, 2.05) is 0 Å². The van der Waals surface area contributed by atoms with Gasteiger partial charge in [0.25, 0.3) is 5.91 Å². The van der Waals surface area contributed by atoms with Gasteiger partial charge in [-0.1, -0.05) is 24.3 Å². The summed E-state index contributed by atoms with van der Waals surface area (Å²) >= 11 is 0. The molecule has 0 aliphatic rings. The molecule has 3 aromatic rings. The van der Waals surface area contributed by atoms with Crippen molar-refractivity contribution in [2.75, 3.05) is 6.54 Å². The van der Waals surface area contributed by atoms with Crippen molar-refractivity contribution in [3.63, 3.8) is 0 Å². The van der Waals surface area contributed by atoms with Gasteiger partial charge in [-0.2, -0.15) is 4.98 Å². The number of carbonyl (C=O) groups excluding carboxylic acids is 2. The Morgan fingerprint density at radius 2 is 1.45 bits per heavy atom. The number of amides is 2. The Kier molecular flexibility index (Phi) is 6.96. The van der Waals surface area contributed by atoms with Crippen molar-refractivity contribution >= 4 is 23.5 Å². The molecule has 1 heterocycles. The Balaban J connectivity index is 1.97. The van der Waals surface area contributed by atoms with Crippen LogP contribution in [-0.4, -0.2) is 35.0 Å². The van der Waals surface area contributed by atoms with Gasteiger partial charge >= 0.3 is 0 Å². The first kappa shape index (κ1) is 22.9. The number of nitrogen functional groups attached to an aromatic ring is 2. The van der Waals surface area contributed by atoms with Gasteiger partial charge in [-0.25, -0.2) is 0 Å². The van der Waals surface area contributed by atoms with Crippen LogP contribution in [0.4, 0.5) is 0 Å². The summed E-state index contributed by atoms with van der Waals surface area (Å²) in [4.78, 5) is 28.4. The molecular formula is C22H21N7O4. The van der Waals surface area contributed by atoms with Crippen molar-refractivity contribution in [3.05, 3.63) is 77.4 Å². The fourth-order valence-corrected chi connectivity index (χ4v) is 2.66. The first-order chi connectivity index (χ1) is 15.8. The lowest BCUT2D eigenvalue weighted by Crippen LogP contribution is -2.35. The van der Waals surface area contributed by atoms with Crippen molar-refractivity contribution in [2.45, 2.75) is 0 Å². The predicted molar refractivity (Wildman–Crippen MR) is 121 cm³/mol. The Bertz CT molecular complexity index is 1240. The number of imide groups is 1. The molecule has 0 aliphatic heterocycles. The SMILES string of the molecule is N=C(N)c1cccc(Oc2ccc(C(=O)NC(=O)CN)c(Oc3cccc(C(=N)N)c3)n2)c1. The summed E-state index contributed by atoms with van der Waals surface area (Å²) in [6.45, 7) is -0.371. The van der Waals surface area contributed by atoms with Crippen LogP contribution in [0.25, 0.3) is 0 Å². The van der Waals surface area contributed by atoms with Crippen molar-refractivity contribution in [2.24, 2.45) is 17.2 Å². The van der Waals surface area contributed by atoms with Crippen LogP contribution < -0.4 is 32.0 Å². The first-order valence-corrected chi connectivity index (χ1v) is 9.56. The smallest absolute Gasteiger partial charge is 0.263 e. The highest BCUT2D eigenvalue weighted by Crippen LogP contribution is 2.29. The minimum absolute atomic E-state index is 0.0464. The van der Waals surface area contributed by atoms with Gasteiger partial charge in [0.1, 0.15) is 28.7 Å². The zero-order valence-electron chi connectivity index (χ0n) is 17.3. The van der Waals surface area contributed by atoms with E-state index in [9.17, 15) is 9.59 Å². The van der Waals surface area contributed by atoms with Crippen molar-refractivity contribution in [1.82, 2.24) is 10.3 Å². The fraction of sp³-hybridized carbons (Fsp3) is 0.0455. The molecule has 9 N–H and O–H groups in total. The predicted octanol–water partition coefficient (Wildman–Crippen LogP) is 1.45. The van der Waals surface area contributed by atoms with Crippen LogP contribution in [0.2, 0.25) is 0 Å². The van der Waals surface area contributed by atoms with Gasteiger partial charge in [0.2, 0.25) is 17.7 Å². The normalized spacial score (nSPS) is 10.2. The maximum Gasteiger partial charge on any atom is 0.263 e. The Morgan fingerprint density at radius 3 is 2.00 bits per heavy atom. The molecular weight excluding hydrogens is 426 g/mol. The molecule has 0 saturated heterocycles. The molecule has 2 aromatic carbocycles. The van der Waals surface area contributed by atoms with Crippen LogP contribution in [0.1, 0.15) is 21.5 Å². The minimum Gasteiger partial charge on any atom is -0.439 e. The van der Waals surface area contributed by atoms with Gasteiger partial charge in [0.05, 0.1) is 6.54 Å². The minimum atomic E-state index is -0.763. The van der Waals surface area contributed by atoms with E-state index in [0.29, 0.717) is 16.9 Å². The molecule has 3 rings (SSSR count). The third kappa shape index (κ3) is 5.89. The highest BCUT2D eigenvalue weighted by Gasteiger charge is 2.19. The van der Waals surface area contributed by atoms with Gasteiger partial charge in [-0.05, 0) is 30.3 Å². The molecule has 1 aromatic heterocycles. The third-order valence-electron chi connectivity index (χ3n) is 4.24. The summed E-state index contributed by atoms with van der Waals surface area (Å²) in [5.41, 5.74) is 17.1. The van der Waals surface area contributed by atoms with Crippen LogP contribution in [-0.2, 0) is 4.79 Å². The number of hydrogen-bond donors (Lipinski definition) is 6. The van der Waals surface area contributed by atoms with E-state index in [2.05, 4.69) is 10.3 Å². The summed E-state index contributed by atoms with van der Waals surface area (Å²) < 4.78 is 11.5. The van der Waals surface area contributed by atoms with E-state index < -0.39 is 11.8 Å². The number of amidine groups is 2. The van der Waals surface area contributed by atoms with Crippen molar-refractivity contribution in [3.8, 4) is 23.3 Å². The molecule has 0 radical (unpaired) electrons. The number of nitrogens with two attached hydrogens (primary N) is 3. The van der Waals surface area contributed by atoms with E-state index in [1.165, 1.54) is 18.2 Å². The summed E-state index contributed by atoms with van der Waals surface area (Å²) in [6.07, 6.45) is 0. The number of nitrogens with one attached hydrogen (secondary N) is 3. The van der Waals surface area contributed by atoms with E-state index in [1.54, 1.807) is 42.5 Å². The Hall–Kier alpha value is -4.77. The second kappa shape index (κ2) is 10.0. The van der Waals surface area contributed by atoms with Crippen LogP contribution in [0.5, 0.6) is 23.3 Å². The number of carbonyl (C=O) groups is 2. The fourth-order valence-electron chi connectivity index (χ4n) is 2.66. The van der Waals surface area contributed by atoms with Crippen molar-refractivity contribution < 1.29 is 19.1 Å². The van der Waals surface area contributed by atoms with Gasteiger partial charge in [-0.3, -0.25) is 25.7 Å². The lowest BCUT2D eigenvalue weighted by atomic mass is 10.2. The average molecular weight is 447 g/mol. The lowest BCUT2D eigenvalue weighted by molar-refractivity contribution is -0.118. The standard InChI is InChI=1S/C22H21N7O4/c23-11-17(30)28-21(31)16-7-8-18(32-14-5-1-3-12(9-14)19(24)25)29-22(16)33-15-6-2-4-13(10-15)20(26)27/h1-10H,11,23H2,(H3,24,25)(H3,26,27)(H,28,30,31). The molecule has 0 bridgehead atoms. The number of pyridine rings is 1. The lowest BCUT2D eigenvalue weighted by Gasteiger charge is -2.13. The highest BCUT2D eigenvalue weighted by atomic mass is 16.5. The van der Waals surface area contributed by atoms with Crippen LogP contribution >= 0.6 is 0 Å². The van der Waals surface area contributed by atoms with Crippen LogP contribution in [0, 0.1) is 10.8 Å². The number of nitrogens with zero attached hydrogens (tertiary/aromatic N) is 1.